The average Bonchev–Trinajstić information content (AvgIpc) is 3.49. The fourth-order valence-electron chi connectivity index (χ4n) is 3.13. The molecule has 1 aliphatic heterocycles. The number of rotatable bonds is 6. The lowest BCUT2D eigenvalue weighted by atomic mass is 10.2. The number of benzene rings is 1. The molecule has 2 aromatic heterocycles. The number of furan rings is 1. The molecule has 0 bridgehead atoms. The van der Waals surface area contributed by atoms with E-state index >= 15 is 0 Å². The van der Waals surface area contributed by atoms with Gasteiger partial charge in [0.05, 0.1) is 12.6 Å². The molecule has 1 saturated heterocycles. The molecule has 9 heteroatoms. The zero-order chi connectivity index (χ0) is 20.9. The number of carbonyl (C=O) groups excluding carboxylic acids is 2. The lowest BCUT2D eigenvalue weighted by Gasteiger charge is -2.09. The molecule has 156 valence electrons. The molecule has 1 N–H and O–H groups in total. The molecule has 4 rings (SSSR count). The quantitative estimate of drug-likeness (QED) is 0.629. The Morgan fingerprint density at radius 2 is 2.20 bits per heavy atom. The molecule has 7 nitrogen and oxygen atoms in total. The Balaban J connectivity index is 1.42. The number of nitrogens with zero attached hydrogens (tertiary/aromatic N) is 2. The van der Waals surface area contributed by atoms with Gasteiger partial charge in [-0.25, -0.2) is 0 Å². The Labute approximate surface area is 182 Å². The van der Waals surface area contributed by atoms with Gasteiger partial charge in [0.15, 0.2) is 10.6 Å². The number of carbonyl (C=O) groups is 2. The summed E-state index contributed by atoms with van der Waals surface area (Å²) in [7, 11) is 0. The normalized spacial score (nSPS) is 16.7. The van der Waals surface area contributed by atoms with E-state index in [0.717, 1.165) is 19.4 Å². The van der Waals surface area contributed by atoms with Gasteiger partial charge in [-0.2, -0.15) is 4.99 Å². The molecule has 0 unspecified atom stereocenters. The molecule has 2 amide bonds. The summed E-state index contributed by atoms with van der Waals surface area (Å²) in [5.74, 6) is 0.190. The summed E-state index contributed by atoms with van der Waals surface area (Å²) in [6, 6.07) is 10.1. The smallest absolute Gasteiger partial charge is 0.287 e. The number of halogens is 1. The van der Waals surface area contributed by atoms with Gasteiger partial charge in [0.1, 0.15) is 5.76 Å². The molecule has 0 radical (unpaired) electrons. The van der Waals surface area contributed by atoms with E-state index in [-0.39, 0.29) is 23.7 Å². The van der Waals surface area contributed by atoms with Crippen LogP contribution in [0.5, 0.6) is 0 Å². The Bertz CT molecular complexity index is 1110. The predicted octanol–water partition coefficient (Wildman–Crippen LogP) is 3.49. The van der Waals surface area contributed by atoms with Crippen molar-refractivity contribution in [2.45, 2.75) is 25.5 Å². The molecule has 1 aliphatic rings. The molecule has 30 heavy (non-hydrogen) atoms. The fourth-order valence-corrected chi connectivity index (χ4v) is 4.05. The van der Waals surface area contributed by atoms with Crippen LogP contribution in [0.4, 0.5) is 0 Å². The van der Waals surface area contributed by atoms with E-state index < -0.39 is 0 Å². The highest BCUT2D eigenvalue weighted by Gasteiger charge is 2.18. The zero-order valence-electron chi connectivity index (χ0n) is 16.0. The minimum atomic E-state index is -0.373. The molecule has 0 spiro atoms. The first-order valence-electron chi connectivity index (χ1n) is 9.55. The first-order valence-corrected chi connectivity index (χ1v) is 10.8. The maximum absolute atomic E-state index is 12.4. The van der Waals surface area contributed by atoms with Crippen molar-refractivity contribution in [2.75, 3.05) is 13.2 Å². The summed E-state index contributed by atoms with van der Waals surface area (Å²) in [6.07, 6.45) is 3.87. The topological polar surface area (TPSA) is 85.8 Å². The van der Waals surface area contributed by atoms with Crippen LogP contribution < -0.4 is 10.1 Å². The van der Waals surface area contributed by atoms with Gasteiger partial charge in [-0.05, 0) is 43.2 Å². The van der Waals surface area contributed by atoms with Crippen molar-refractivity contribution in [3.05, 3.63) is 74.9 Å². The van der Waals surface area contributed by atoms with Gasteiger partial charge in [0.2, 0.25) is 0 Å². The first-order chi connectivity index (χ1) is 14.6. The van der Waals surface area contributed by atoms with Crippen molar-refractivity contribution in [3.63, 3.8) is 0 Å². The average molecular weight is 446 g/mol. The summed E-state index contributed by atoms with van der Waals surface area (Å²) in [5.41, 5.74) is 0.422. The van der Waals surface area contributed by atoms with Crippen LogP contribution in [0.25, 0.3) is 0 Å². The summed E-state index contributed by atoms with van der Waals surface area (Å²) in [6.45, 7) is 1.57. The number of hydrogen-bond donors (Lipinski definition) is 1. The van der Waals surface area contributed by atoms with Gasteiger partial charge in [-0.15, -0.1) is 11.3 Å². The summed E-state index contributed by atoms with van der Waals surface area (Å²) >= 11 is 7.29. The van der Waals surface area contributed by atoms with Gasteiger partial charge < -0.3 is 19.0 Å². The number of amides is 2. The van der Waals surface area contributed by atoms with Crippen molar-refractivity contribution < 1.29 is 18.7 Å². The van der Waals surface area contributed by atoms with Crippen LogP contribution in [-0.4, -0.2) is 35.6 Å². The second kappa shape index (κ2) is 9.42. The Hall–Kier alpha value is -2.68. The molecule has 1 fully saturated rings. The van der Waals surface area contributed by atoms with Crippen LogP contribution in [0.1, 0.15) is 39.5 Å². The third-order valence-electron chi connectivity index (χ3n) is 4.65. The number of thiazole rings is 1. The van der Waals surface area contributed by atoms with Crippen LogP contribution in [0.15, 0.2) is 57.4 Å². The lowest BCUT2D eigenvalue weighted by Crippen LogP contribution is -2.31. The molecular weight excluding hydrogens is 426 g/mol. The van der Waals surface area contributed by atoms with Gasteiger partial charge in [-0.3, -0.25) is 9.59 Å². The SMILES string of the molecule is O=C(N=c1sccn1Cc1ccc(C(=O)NC[C@H]2CCCO2)o1)c1cccc(Cl)c1. The van der Waals surface area contributed by atoms with Crippen molar-refractivity contribution in [2.24, 2.45) is 4.99 Å². The van der Waals surface area contributed by atoms with E-state index in [4.69, 9.17) is 20.8 Å². The highest BCUT2D eigenvalue weighted by molar-refractivity contribution is 7.07. The molecule has 3 heterocycles. The summed E-state index contributed by atoms with van der Waals surface area (Å²) < 4.78 is 13.0. The predicted molar refractivity (Wildman–Crippen MR) is 113 cm³/mol. The second-order valence-corrected chi connectivity index (χ2v) is 8.16. The molecule has 1 aromatic carbocycles. The number of ether oxygens (including phenoxy) is 1. The lowest BCUT2D eigenvalue weighted by molar-refractivity contribution is 0.0833. The van der Waals surface area contributed by atoms with Crippen molar-refractivity contribution in [1.29, 1.82) is 0 Å². The molecular formula is C21H20ClN3O4S. The Morgan fingerprint density at radius 1 is 1.30 bits per heavy atom. The van der Waals surface area contributed by atoms with Crippen LogP contribution >= 0.6 is 22.9 Å². The summed E-state index contributed by atoms with van der Waals surface area (Å²) in [5, 5.41) is 5.15. The minimum absolute atomic E-state index is 0.0750. The molecule has 0 aliphatic carbocycles. The maximum atomic E-state index is 12.4. The Morgan fingerprint density at radius 3 is 3.00 bits per heavy atom. The Kier molecular flexibility index (Phi) is 6.47. The number of hydrogen-bond acceptors (Lipinski definition) is 5. The first kappa shape index (κ1) is 20.6. The van der Waals surface area contributed by atoms with Gasteiger partial charge in [-0.1, -0.05) is 17.7 Å². The van der Waals surface area contributed by atoms with E-state index in [1.54, 1.807) is 41.0 Å². The molecule has 3 aromatic rings. The maximum Gasteiger partial charge on any atom is 0.287 e. The largest absolute Gasteiger partial charge is 0.454 e. The minimum Gasteiger partial charge on any atom is -0.454 e. The van der Waals surface area contributed by atoms with Crippen LogP contribution in [0, 0.1) is 0 Å². The van der Waals surface area contributed by atoms with Gasteiger partial charge >= 0.3 is 0 Å². The van der Waals surface area contributed by atoms with E-state index in [9.17, 15) is 9.59 Å². The van der Waals surface area contributed by atoms with E-state index in [1.165, 1.54) is 11.3 Å². The second-order valence-electron chi connectivity index (χ2n) is 6.85. The highest BCUT2D eigenvalue weighted by Crippen LogP contribution is 2.13. The number of aromatic nitrogens is 1. The highest BCUT2D eigenvalue weighted by atomic mass is 35.5. The summed E-state index contributed by atoms with van der Waals surface area (Å²) in [4.78, 5) is 29.4. The van der Waals surface area contributed by atoms with Crippen LogP contribution in [-0.2, 0) is 11.3 Å². The van der Waals surface area contributed by atoms with Crippen LogP contribution in [0.3, 0.4) is 0 Å². The van der Waals surface area contributed by atoms with Crippen molar-refractivity contribution in [3.8, 4) is 0 Å². The fraction of sp³-hybridized carbons (Fsp3) is 0.286. The monoisotopic (exact) mass is 445 g/mol. The van der Waals surface area contributed by atoms with Gasteiger partial charge in [0, 0.05) is 35.3 Å². The van der Waals surface area contributed by atoms with Crippen molar-refractivity contribution >= 4 is 34.8 Å². The molecule has 0 saturated carbocycles. The molecule has 1 atom stereocenters. The third-order valence-corrected chi connectivity index (χ3v) is 5.68. The number of nitrogens with one attached hydrogen (secondary N) is 1. The van der Waals surface area contributed by atoms with E-state index in [2.05, 4.69) is 10.3 Å². The standard InChI is InChI=1S/C21H20ClN3O4S/c22-15-4-1-3-14(11-15)19(26)24-21-25(8-10-30-21)13-17-6-7-18(29-17)20(27)23-12-16-5-2-9-28-16/h1,3-4,6-8,10-11,16H,2,5,9,12-13H2,(H,23,27)/t16-/m1/s1. The van der Waals surface area contributed by atoms with Gasteiger partial charge in [0.25, 0.3) is 11.8 Å². The van der Waals surface area contributed by atoms with Crippen molar-refractivity contribution in [1.82, 2.24) is 9.88 Å². The zero-order valence-corrected chi connectivity index (χ0v) is 17.6. The van der Waals surface area contributed by atoms with E-state index in [0.29, 0.717) is 34.2 Å². The third kappa shape index (κ3) is 5.08. The van der Waals surface area contributed by atoms with E-state index in [1.807, 2.05) is 11.6 Å². The van der Waals surface area contributed by atoms with Crippen LogP contribution in [0.2, 0.25) is 5.02 Å².